The van der Waals surface area contributed by atoms with Crippen molar-refractivity contribution < 1.29 is 9.21 Å². The van der Waals surface area contributed by atoms with Crippen LogP contribution in [0.3, 0.4) is 0 Å². The van der Waals surface area contributed by atoms with Crippen molar-refractivity contribution in [1.82, 2.24) is 14.8 Å². The minimum Gasteiger partial charge on any atom is -0.443 e. The molecule has 26 heavy (non-hydrogen) atoms. The van der Waals surface area contributed by atoms with Crippen LogP contribution < -0.4 is 5.32 Å². The Kier molecular flexibility index (Phi) is 5.19. The van der Waals surface area contributed by atoms with Gasteiger partial charge in [0.1, 0.15) is 28.0 Å². The van der Waals surface area contributed by atoms with Crippen molar-refractivity contribution in [2.24, 2.45) is 0 Å². The third-order valence-corrected chi connectivity index (χ3v) is 5.24. The maximum Gasteiger partial charge on any atom is 0.262 e. The van der Waals surface area contributed by atoms with Crippen LogP contribution in [0.2, 0.25) is 0 Å². The number of furan rings is 1. The summed E-state index contributed by atoms with van der Waals surface area (Å²) < 4.78 is 7.33. The van der Waals surface area contributed by atoms with Crippen LogP contribution >= 0.6 is 11.3 Å². The molecule has 0 bridgehead atoms. The number of aryl methyl sites for hydroxylation is 1. The third-order valence-electron chi connectivity index (χ3n) is 4.24. The van der Waals surface area contributed by atoms with Gasteiger partial charge in [0.25, 0.3) is 5.91 Å². The van der Waals surface area contributed by atoms with Crippen LogP contribution in [0.4, 0.5) is 5.13 Å². The van der Waals surface area contributed by atoms with Crippen molar-refractivity contribution in [3.8, 4) is 12.0 Å². The molecule has 0 spiro atoms. The van der Waals surface area contributed by atoms with Crippen molar-refractivity contribution in [3.63, 3.8) is 0 Å². The molecular weight excluding hydrogens is 350 g/mol. The monoisotopic (exact) mass is 369 g/mol. The molecule has 7 nitrogen and oxygen atoms in total. The van der Waals surface area contributed by atoms with E-state index in [9.17, 15) is 10.1 Å². The molecule has 3 heterocycles. The molecule has 0 aromatic carbocycles. The van der Waals surface area contributed by atoms with E-state index in [-0.39, 0.29) is 11.1 Å². The molecule has 3 aromatic heterocycles. The van der Waals surface area contributed by atoms with Crippen LogP contribution in [0.15, 0.2) is 28.9 Å². The molecule has 0 saturated carbocycles. The van der Waals surface area contributed by atoms with E-state index in [2.05, 4.69) is 35.4 Å². The number of rotatable bonds is 6. The second kappa shape index (κ2) is 7.54. The Hall–Kier alpha value is -2.92. The minimum absolute atomic E-state index is 0.195. The number of carbonyl (C=O) groups excluding carboxylic acids is 1. The predicted molar refractivity (Wildman–Crippen MR) is 98.7 cm³/mol. The fraction of sp³-hybridized carbons (Fsp3) is 0.333. The molecule has 0 saturated heterocycles. The van der Waals surface area contributed by atoms with E-state index < -0.39 is 5.91 Å². The number of carbonyl (C=O) groups is 1. The van der Waals surface area contributed by atoms with Gasteiger partial charge in [-0.1, -0.05) is 25.2 Å². The number of hydrogen-bond donors (Lipinski definition) is 1. The second-order valence-corrected chi connectivity index (χ2v) is 6.84. The van der Waals surface area contributed by atoms with Gasteiger partial charge < -0.3 is 4.42 Å². The van der Waals surface area contributed by atoms with Gasteiger partial charge in [-0.3, -0.25) is 14.7 Å². The number of nitrogens with zero attached hydrogens (tertiary/aromatic N) is 4. The Balaban J connectivity index is 1.88. The van der Waals surface area contributed by atoms with Crippen LogP contribution in [-0.2, 0) is 0 Å². The quantitative estimate of drug-likeness (QED) is 0.700. The predicted octanol–water partition coefficient (Wildman–Crippen LogP) is 4.26. The lowest BCUT2D eigenvalue weighted by atomic mass is 10.1. The van der Waals surface area contributed by atoms with Crippen molar-refractivity contribution in [3.05, 3.63) is 46.4 Å². The van der Waals surface area contributed by atoms with Gasteiger partial charge >= 0.3 is 0 Å². The fourth-order valence-electron chi connectivity index (χ4n) is 2.81. The zero-order chi connectivity index (χ0) is 18.7. The largest absolute Gasteiger partial charge is 0.443 e. The van der Waals surface area contributed by atoms with Gasteiger partial charge in [-0.2, -0.15) is 5.26 Å². The number of aromatic nitrogens is 3. The van der Waals surface area contributed by atoms with E-state index in [1.807, 2.05) is 12.1 Å². The van der Waals surface area contributed by atoms with Gasteiger partial charge in [0.15, 0.2) is 0 Å². The maximum absolute atomic E-state index is 12.7. The maximum atomic E-state index is 12.7. The first-order chi connectivity index (χ1) is 12.6. The molecule has 0 aliphatic rings. The highest BCUT2D eigenvalue weighted by atomic mass is 32.1. The molecule has 0 radical (unpaired) electrons. The van der Waals surface area contributed by atoms with Crippen LogP contribution in [0.1, 0.15) is 59.3 Å². The lowest BCUT2D eigenvalue weighted by molar-refractivity contribution is 0.102. The van der Waals surface area contributed by atoms with Gasteiger partial charge in [0, 0.05) is 18.3 Å². The molecule has 0 aliphatic carbocycles. The first-order valence-corrected chi connectivity index (χ1v) is 9.22. The summed E-state index contributed by atoms with van der Waals surface area (Å²) in [6.45, 7) is 5.87. The minimum atomic E-state index is -0.423. The first-order valence-electron chi connectivity index (χ1n) is 8.40. The topological polar surface area (TPSA) is 96.7 Å². The lowest BCUT2D eigenvalue weighted by Gasteiger charge is -2.05. The molecule has 8 heteroatoms. The normalized spacial score (nSPS) is 10.9. The average molecular weight is 369 g/mol. The molecule has 134 valence electrons. The van der Waals surface area contributed by atoms with Gasteiger partial charge in [0.2, 0.25) is 11.0 Å². The van der Waals surface area contributed by atoms with Gasteiger partial charge in [-0.25, -0.2) is 0 Å². The number of amides is 1. The number of anilines is 1. The molecular formula is C18H19N5O2S. The second-order valence-electron chi connectivity index (χ2n) is 5.83. The highest BCUT2D eigenvalue weighted by molar-refractivity contribution is 7.15. The van der Waals surface area contributed by atoms with E-state index >= 15 is 0 Å². The van der Waals surface area contributed by atoms with Crippen LogP contribution in [0, 0.1) is 18.3 Å². The average Bonchev–Trinajstić information content (AvgIpc) is 3.35. The molecule has 0 unspecified atom stereocenters. The Morgan fingerprint density at radius 1 is 1.35 bits per heavy atom. The highest BCUT2D eigenvalue weighted by Crippen LogP contribution is 2.30. The van der Waals surface area contributed by atoms with E-state index in [0.717, 1.165) is 17.8 Å². The van der Waals surface area contributed by atoms with Gasteiger partial charge in [0.05, 0.1) is 0 Å². The van der Waals surface area contributed by atoms with Crippen LogP contribution in [0.25, 0.3) is 5.88 Å². The van der Waals surface area contributed by atoms with E-state index in [1.165, 1.54) is 11.3 Å². The van der Waals surface area contributed by atoms with Crippen LogP contribution in [-0.4, -0.2) is 20.7 Å². The number of nitrogens with one attached hydrogen (secondary N) is 1. The Morgan fingerprint density at radius 3 is 2.65 bits per heavy atom. The molecule has 1 N–H and O–H groups in total. The summed E-state index contributed by atoms with van der Waals surface area (Å²) in [7, 11) is 0. The summed E-state index contributed by atoms with van der Waals surface area (Å²) in [5, 5.41) is 21.8. The molecule has 0 aliphatic heterocycles. The zero-order valence-electron chi connectivity index (χ0n) is 14.8. The lowest BCUT2D eigenvalue weighted by Crippen LogP contribution is -2.13. The van der Waals surface area contributed by atoms with Crippen molar-refractivity contribution in [1.29, 1.82) is 5.26 Å². The fourth-order valence-corrected chi connectivity index (χ4v) is 3.81. The molecule has 1 amide bonds. The summed E-state index contributed by atoms with van der Waals surface area (Å²) in [6.07, 6.45) is 5.46. The van der Waals surface area contributed by atoms with E-state index in [4.69, 9.17) is 4.42 Å². The van der Waals surface area contributed by atoms with E-state index in [0.29, 0.717) is 22.7 Å². The SMILES string of the molecule is CCC(CC)c1nnc(NC(=O)c2c(C)oc(-n3cccc3)c2C#N)s1. The smallest absolute Gasteiger partial charge is 0.262 e. The molecule has 0 atom stereocenters. The van der Waals surface area contributed by atoms with E-state index in [1.54, 1.807) is 23.9 Å². The van der Waals surface area contributed by atoms with Crippen LogP contribution in [0.5, 0.6) is 0 Å². The number of nitriles is 1. The number of hydrogen-bond acceptors (Lipinski definition) is 6. The van der Waals surface area contributed by atoms with Crippen molar-refractivity contribution >= 4 is 22.4 Å². The summed E-state index contributed by atoms with van der Waals surface area (Å²) in [5.41, 5.74) is 0.413. The Bertz CT molecular complexity index is 945. The van der Waals surface area contributed by atoms with Crippen molar-refractivity contribution in [2.45, 2.75) is 39.5 Å². The summed E-state index contributed by atoms with van der Waals surface area (Å²) >= 11 is 1.36. The zero-order valence-corrected chi connectivity index (χ0v) is 15.6. The summed E-state index contributed by atoms with van der Waals surface area (Å²) in [5.74, 6) is 0.625. The molecule has 3 rings (SSSR count). The summed E-state index contributed by atoms with van der Waals surface area (Å²) in [4.78, 5) is 12.7. The highest BCUT2D eigenvalue weighted by Gasteiger charge is 2.25. The molecule has 0 fully saturated rings. The first kappa shape index (κ1) is 17.9. The van der Waals surface area contributed by atoms with Gasteiger partial charge in [-0.15, -0.1) is 10.2 Å². The summed E-state index contributed by atoms with van der Waals surface area (Å²) in [6, 6.07) is 5.71. The Morgan fingerprint density at radius 2 is 2.04 bits per heavy atom. The van der Waals surface area contributed by atoms with Crippen molar-refractivity contribution in [2.75, 3.05) is 5.32 Å². The molecule has 3 aromatic rings. The van der Waals surface area contributed by atoms with Gasteiger partial charge in [-0.05, 0) is 31.9 Å². The third kappa shape index (κ3) is 3.26. The standard InChI is InChI=1S/C18H19N5O2S/c1-4-12(5-2)16-21-22-18(26-16)20-15(24)14-11(3)25-17(13(14)10-19)23-8-6-7-9-23/h6-9,12H,4-5H2,1-3H3,(H,20,22,24). The Labute approximate surface area is 155 Å².